The number of carbonyl (C=O) groups is 2. The van der Waals surface area contributed by atoms with Crippen LogP contribution in [0.15, 0.2) is 0 Å². The lowest BCUT2D eigenvalue weighted by atomic mass is 9.39. The van der Waals surface area contributed by atoms with E-state index in [-0.39, 0.29) is 55.5 Å². The maximum absolute atomic E-state index is 14.4. The van der Waals surface area contributed by atoms with Gasteiger partial charge in [0.05, 0.1) is 32.0 Å². The lowest BCUT2D eigenvalue weighted by Crippen LogP contribution is -2.62. The van der Waals surface area contributed by atoms with Gasteiger partial charge in [-0.25, -0.2) is 4.79 Å². The van der Waals surface area contributed by atoms with E-state index in [1.807, 2.05) is 21.0 Å². The van der Waals surface area contributed by atoms with Crippen LogP contribution in [0.2, 0.25) is 0 Å². The summed E-state index contributed by atoms with van der Waals surface area (Å²) in [5.74, 6) is -0.535. The molecule has 6 nitrogen and oxygen atoms in total. The molecule has 3 atom stereocenters. The van der Waals surface area contributed by atoms with Gasteiger partial charge in [-0.2, -0.15) is 0 Å². The molecule has 0 rings (SSSR count). The third-order valence-electron chi connectivity index (χ3n) is 13.4. The summed E-state index contributed by atoms with van der Waals surface area (Å²) in [7, 11) is 8.32. The molecule has 0 spiro atoms. The van der Waals surface area contributed by atoms with Gasteiger partial charge < -0.3 is 9.22 Å². The molecule has 0 radical (unpaired) electrons. The molecular formula is C40H82N2O4+2. The maximum atomic E-state index is 14.4. The fourth-order valence-corrected chi connectivity index (χ4v) is 7.75. The zero-order valence-electron chi connectivity index (χ0n) is 35.1. The Morgan fingerprint density at radius 3 is 1.57 bits per heavy atom. The highest BCUT2D eigenvalue weighted by molar-refractivity contribution is 5.77. The number of esters is 1. The molecule has 46 heavy (non-hydrogen) atoms. The van der Waals surface area contributed by atoms with E-state index in [0.29, 0.717) is 19.6 Å². The first-order chi connectivity index (χ1) is 20.1. The van der Waals surface area contributed by atoms with Crippen molar-refractivity contribution < 1.29 is 28.3 Å². The first-order valence-corrected chi connectivity index (χ1v) is 18.2. The SMILES string of the molecule is CCCC[N+](C)(C)CCOC(=O)C(C(C)C(C)(C)C(C)(C)C(C)(C)C(C)(C)C(C)(CC(C)(C)C)C(=O)O[N+](C)(C)CC)C(C)(C)C. The van der Waals surface area contributed by atoms with E-state index in [2.05, 4.69) is 132 Å². The molecule has 274 valence electrons. The Morgan fingerprint density at radius 2 is 1.17 bits per heavy atom. The summed E-state index contributed by atoms with van der Waals surface area (Å²) in [6.07, 6.45) is 3.02. The predicted octanol–water partition coefficient (Wildman–Crippen LogP) is 9.81. The smallest absolute Gasteiger partial charge is 0.372 e. The van der Waals surface area contributed by atoms with Crippen LogP contribution in [0.4, 0.5) is 0 Å². The van der Waals surface area contributed by atoms with E-state index < -0.39 is 10.8 Å². The topological polar surface area (TPSA) is 52.6 Å². The van der Waals surface area contributed by atoms with Gasteiger partial charge in [0.15, 0.2) is 0 Å². The molecular weight excluding hydrogens is 572 g/mol. The Morgan fingerprint density at radius 1 is 0.696 bits per heavy atom. The lowest BCUT2D eigenvalue weighted by molar-refractivity contribution is -1.06. The van der Waals surface area contributed by atoms with Crippen LogP contribution in [0, 0.1) is 49.7 Å². The van der Waals surface area contributed by atoms with Crippen molar-refractivity contribution in [2.45, 2.75) is 144 Å². The van der Waals surface area contributed by atoms with Gasteiger partial charge in [-0.05, 0) is 65.1 Å². The average molecular weight is 655 g/mol. The van der Waals surface area contributed by atoms with Crippen molar-refractivity contribution in [2.75, 3.05) is 54.4 Å². The number of quaternary nitrogens is 2. The number of hydrogen-bond acceptors (Lipinski definition) is 4. The fourth-order valence-electron chi connectivity index (χ4n) is 7.75. The Hall–Kier alpha value is -1.14. The average Bonchev–Trinajstić information content (AvgIpc) is 2.84. The molecule has 0 amide bonds. The molecule has 0 N–H and O–H groups in total. The van der Waals surface area contributed by atoms with Crippen LogP contribution in [0.3, 0.4) is 0 Å². The highest BCUT2D eigenvalue weighted by Crippen LogP contribution is 2.68. The van der Waals surface area contributed by atoms with Gasteiger partial charge in [-0.3, -0.25) is 9.63 Å². The Bertz CT molecular complexity index is 1010. The highest BCUT2D eigenvalue weighted by Gasteiger charge is 2.65. The summed E-state index contributed by atoms with van der Waals surface area (Å²) in [6.45, 7) is 43.3. The monoisotopic (exact) mass is 655 g/mol. The summed E-state index contributed by atoms with van der Waals surface area (Å²) in [5, 5.41) is 0. The number of likely N-dealkylation sites (N-methyl/N-ethyl adjacent to an activating group) is 1. The number of ether oxygens (including phenoxy) is 1. The van der Waals surface area contributed by atoms with Crippen molar-refractivity contribution in [3.63, 3.8) is 0 Å². The standard InChI is InChI=1S/C40H82N2O4/c1-23-25-26-41(19,20)27-28-45-32(43)31(35(7,8)9)30(3)36(10,11)37(12,13)38(14,15)39(16,17)40(18,29-34(4,5)6)33(44)46-42(21,22)24-2/h30-31H,23-29H2,1-22H3/q+2. The van der Waals surface area contributed by atoms with E-state index in [1.54, 1.807) is 0 Å². The van der Waals surface area contributed by atoms with E-state index in [0.717, 1.165) is 24.0 Å². The van der Waals surface area contributed by atoms with Crippen molar-refractivity contribution >= 4 is 11.9 Å². The lowest BCUT2D eigenvalue weighted by Gasteiger charge is -2.65. The van der Waals surface area contributed by atoms with Crippen molar-refractivity contribution in [1.29, 1.82) is 0 Å². The summed E-state index contributed by atoms with van der Waals surface area (Å²) >= 11 is 0. The van der Waals surface area contributed by atoms with Gasteiger partial charge >= 0.3 is 11.9 Å². The molecule has 0 saturated carbocycles. The predicted molar refractivity (Wildman–Crippen MR) is 196 cm³/mol. The summed E-state index contributed by atoms with van der Waals surface area (Å²) in [6, 6.07) is 0. The number of nitrogens with zero attached hydrogens (tertiary/aromatic N) is 2. The van der Waals surface area contributed by atoms with E-state index >= 15 is 0 Å². The highest BCUT2D eigenvalue weighted by atomic mass is 16.7. The summed E-state index contributed by atoms with van der Waals surface area (Å²) in [5.41, 5.74) is -2.65. The second-order valence-electron chi connectivity index (χ2n) is 20.5. The van der Waals surface area contributed by atoms with Crippen molar-refractivity contribution in [3.05, 3.63) is 0 Å². The zero-order chi connectivity index (χ0) is 37.2. The molecule has 0 aromatic rings. The molecule has 0 aliphatic rings. The molecule has 3 unspecified atom stereocenters. The van der Waals surface area contributed by atoms with Gasteiger partial charge in [0.2, 0.25) is 0 Å². The minimum atomic E-state index is -0.777. The molecule has 0 aliphatic carbocycles. The van der Waals surface area contributed by atoms with Crippen molar-refractivity contribution in [2.24, 2.45) is 49.7 Å². The number of unbranched alkanes of at least 4 members (excludes halogenated alkanes) is 1. The zero-order valence-corrected chi connectivity index (χ0v) is 35.1. The third-order valence-corrected chi connectivity index (χ3v) is 13.4. The van der Waals surface area contributed by atoms with E-state index in [1.165, 1.54) is 6.42 Å². The quantitative estimate of drug-likeness (QED) is 0.0890. The van der Waals surface area contributed by atoms with Crippen LogP contribution in [0.1, 0.15) is 144 Å². The molecule has 6 heteroatoms. The Labute approximate surface area is 287 Å². The van der Waals surface area contributed by atoms with Crippen LogP contribution < -0.4 is 0 Å². The van der Waals surface area contributed by atoms with Crippen LogP contribution in [-0.4, -0.2) is 75.5 Å². The van der Waals surface area contributed by atoms with E-state index in [4.69, 9.17) is 9.57 Å². The molecule has 0 heterocycles. The van der Waals surface area contributed by atoms with Gasteiger partial charge in [0, 0.05) is 0 Å². The number of rotatable bonds is 17. The van der Waals surface area contributed by atoms with Gasteiger partial charge in [-0.1, -0.05) is 117 Å². The van der Waals surface area contributed by atoms with Crippen LogP contribution in [0.25, 0.3) is 0 Å². The largest absolute Gasteiger partial charge is 0.459 e. The molecule has 0 fully saturated rings. The number of carbonyl (C=O) groups excluding carboxylic acids is 2. The Balaban J connectivity index is 6.84. The molecule has 0 bridgehead atoms. The molecule has 0 aromatic carbocycles. The molecule has 0 aliphatic heterocycles. The first-order valence-electron chi connectivity index (χ1n) is 18.2. The molecule has 0 saturated heterocycles. The third kappa shape index (κ3) is 9.95. The van der Waals surface area contributed by atoms with Crippen LogP contribution in [-0.2, 0) is 19.2 Å². The fraction of sp³-hybridized carbons (Fsp3) is 0.950. The Kier molecular flexibility index (Phi) is 14.4. The minimum absolute atomic E-state index is 0.00387. The second-order valence-corrected chi connectivity index (χ2v) is 20.5. The summed E-state index contributed by atoms with van der Waals surface area (Å²) in [4.78, 5) is 34.7. The normalized spacial score (nSPS) is 17.3. The number of hydroxylamine groups is 3. The second kappa shape index (κ2) is 14.8. The van der Waals surface area contributed by atoms with Gasteiger partial charge in [-0.15, -0.1) is 4.65 Å². The van der Waals surface area contributed by atoms with Crippen molar-refractivity contribution in [3.8, 4) is 0 Å². The number of hydrogen-bond donors (Lipinski definition) is 0. The van der Waals surface area contributed by atoms with Gasteiger partial charge in [0.1, 0.15) is 33.8 Å². The first kappa shape index (κ1) is 44.9. The van der Waals surface area contributed by atoms with Crippen LogP contribution in [0.5, 0.6) is 0 Å². The minimum Gasteiger partial charge on any atom is -0.459 e. The molecule has 0 aromatic heterocycles. The van der Waals surface area contributed by atoms with Crippen LogP contribution >= 0.6 is 0 Å². The van der Waals surface area contributed by atoms with Crippen molar-refractivity contribution in [1.82, 2.24) is 0 Å². The maximum Gasteiger partial charge on any atom is 0.372 e. The van der Waals surface area contributed by atoms with Gasteiger partial charge in [0.25, 0.3) is 0 Å². The van der Waals surface area contributed by atoms with E-state index in [9.17, 15) is 9.59 Å². The summed E-state index contributed by atoms with van der Waals surface area (Å²) < 4.78 is 7.14.